The van der Waals surface area contributed by atoms with Crippen LogP contribution in [0.1, 0.15) is 26.7 Å². The number of halogens is 1. The lowest BCUT2D eigenvalue weighted by atomic mass is 10.2. The van der Waals surface area contributed by atoms with Gasteiger partial charge in [-0.1, -0.05) is 11.6 Å². The van der Waals surface area contributed by atoms with Crippen LogP contribution >= 0.6 is 11.6 Å². The van der Waals surface area contributed by atoms with E-state index in [0.29, 0.717) is 24.8 Å². The first-order valence-corrected chi connectivity index (χ1v) is 8.10. The van der Waals surface area contributed by atoms with Gasteiger partial charge in [0.05, 0.1) is 30.0 Å². The Bertz CT molecular complexity index is 813. The summed E-state index contributed by atoms with van der Waals surface area (Å²) in [6.45, 7) is 2.73. The Morgan fingerprint density at radius 2 is 1.96 bits per heavy atom. The number of rotatable bonds is 7. The van der Waals surface area contributed by atoms with Crippen molar-refractivity contribution >= 4 is 35.0 Å². The molecule has 0 unspecified atom stereocenters. The van der Waals surface area contributed by atoms with E-state index in [9.17, 15) is 9.59 Å². The second-order valence-electron chi connectivity index (χ2n) is 5.25. The number of aryl methyl sites for hydroxylation is 1. The Morgan fingerprint density at radius 1 is 1.19 bits per heavy atom. The van der Waals surface area contributed by atoms with E-state index in [4.69, 9.17) is 16.3 Å². The number of esters is 1. The molecule has 9 heteroatoms. The summed E-state index contributed by atoms with van der Waals surface area (Å²) in [6, 6.07) is 5.98. The maximum Gasteiger partial charge on any atom is 0.337 e. The zero-order chi connectivity index (χ0) is 19.1. The van der Waals surface area contributed by atoms with Crippen LogP contribution in [0.25, 0.3) is 0 Å². The van der Waals surface area contributed by atoms with Gasteiger partial charge in [-0.05, 0) is 25.1 Å². The van der Waals surface area contributed by atoms with Crippen molar-refractivity contribution in [1.82, 2.24) is 9.97 Å². The summed E-state index contributed by atoms with van der Waals surface area (Å²) in [6.07, 6.45) is 0. The second kappa shape index (κ2) is 9.12. The number of anilines is 2. The van der Waals surface area contributed by atoms with E-state index >= 15 is 0 Å². The Labute approximate surface area is 155 Å². The Kier molecular flexibility index (Phi) is 6.88. The van der Waals surface area contributed by atoms with Gasteiger partial charge in [-0.25, -0.2) is 14.8 Å². The molecule has 1 amide bonds. The van der Waals surface area contributed by atoms with Crippen molar-refractivity contribution in [3.8, 4) is 0 Å². The van der Waals surface area contributed by atoms with Crippen molar-refractivity contribution < 1.29 is 19.1 Å². The van der Waals surface area contributed by atoms with Gasteiger partial charge in [-0.15, -0.1) is 0 Å². The highest BCUT2D eigenvalue weighted by Crippen LogP contribution is 2.24. The molecule has 0 saturated heterocycles. The fraction of sp³-hybridized carbons (Fsp3) is 0.294. The number of amides is 1. The van der Waals surface area contributed by atoms with Gasteiger partial charge < -0.3 is 20.1 Å². The summed E-state index contributed by atoms with van der Waals surface area (Å²) in [5.74, 6) is -0.0602. The molecule has 0 bridgehead atoms. The SMILES string of the molecule is COCCNc1cc(C(=O)Nc2cc(C(=O)OC)ccc2Cl)nc(C)n1. The molecule has 1 aromatic carbocycles. The van der Waals surface area contributed by atoms with Gasteiger partial charge in [0.2, 0.25) is 0 Å². The van der Waals surface area contributed by atoms with Crippen LogP contribution in [0, 0.1) is 6.92 Å². The number of nitrogens with one attached hydrogen (secondary N) is 2. The third kappa shape index (κ3) is 5.14. The lowest BCUT2D eigenvalue weighted by Crippen LogP contribution is -2.17. The van der Waals surface area contributed by atoms with Gasteiger partial charge >= 0.3 is 5.97 Å². The molecular weight excluding hydrogens is 360 g/mol. The lowest BCUT2D eigenvalue weighted by molar-refractivity contribution is 0.0600. The van der Waals surface area contributed by atoms with Gasteiger partial charge in [-0.3, -0.25) is 4.79 Å². The van der Waals surface area contributed by atoms with Crippen molar-refractivity contribution in [2.24, 2.45) is 0 Å². The lowest BCUT2D eigenvalue weighted by Gasteiger charge is -2.10. The van der Waals surface area contributed by atoms with E-state index in [2.05, 4.69) is 25.3 Å². The molecule has 1 heterocycles. The Hall–Kier alpha value is -2.71. The average molecular weight is 379 g/mol. The second-order valence-corrected chi connectivity index (χ2v) is 5.65. The zero-order valence-electron chi connectivity index (χ0n) is 14.6. The number of hydrogen-bond acceptors (Lipinski definition) is 7. The van der Waals surface area contributed by atoms with E-state index in [1.54, 1.807) is 14.0 Å². The molecule has 2 rings (SSSR count). The van der Waals surface area contributed by atoms with Crippen LogP contribution in [0.2, 0.25) is 5.02 Å². The zero-order valence-corrected chi connectivity index (χ0v) is 15.4. The fourth-order valence-corrected chi connectivity index (χ4v) is 2.27. The minimum Gasteiger partial charge on any atom is -0.465 e. The van der Waals surface area contributed by atoms with Crippen LogP contribution in [0.3, 0.4) is 0 Å². The summed E-state index contributed by atoms with van der Waals surface area (Å²) >= 11 is 6.10. The molecule has 0 spiro atoms. The highest BCUT2D eigenvalue weighted by atomic mass is 35.5. The summed E-state index contributed by atoms with van der Waals surface area (Å²) in [5, 5.41) is 5.98. The molecule has 0 saturated carbocycles. The molecule has 138 valence electrons. The normalized spacial score (nSPS) is 10.3. The minimum atomic E-state index is -0.528. The molecule has 0 aliphatic carbocycles. The van der Waals surface area contributed by atoms with E-state index in [-0.39, 0.29) is 22.0 Å². The van der Waals surface area contributed by atoms with Gasteiger partial charge in [0, 0.05) is 19.7 Å². The predicted molar refractivity (Wildman–Crippen MR) is 97.9 cm³/mol. The van der Waals surface area contributed by atoms with E-state index in [0.717, 1.165) is 0 Å². The van der Waals surface area contributed by atoms with Crippen molar-refractivity contribution in [2.75, 3.05) is 38.0 Å². The summed E-state index contributed by atoms with van der Waals surface area (Å²) in [4.78, 5) is 32.5. The number of benzene rings is 1. The van der Waals surface area contributed by atoms with Gasteiger partial charge in [0.1, 0.15) is 17.3 Å². The van der Waals surface area contributed by atoms with Crippen LogP contribution in [-0.2, 0) is 9.47 Å². The Morgan fingerprint density at radius 3 is 2.65 bits per heavy atom. The average Bonchev–Trinajstić information content (AvgIpc) is 2.62. The fourth-order valence-electron chi connectivity index (χ4n) is 2.11. The monoisotopic (exact) mass is 378 g/mol. The summed E-state index contributed by atoms with van der Waals surface area (Å²) in [7, 11) is 2.87. The summed E-state index contributed by atoms with van der Waals surface area (Å²) in [5.41, 5.74) is 0.717. The van der Waals surface area contributed by atoms with Crippen molar-refractivity contribution in [1.29, 1.82) is 0 Å². The minimum absolute atomic E-state index is 0.164. The first kappa shape index (κ1) is 19.6. The number of carbonyl (C=O) groups excluding carboxylic acids is 2. The number of nitrogens with zero attached hydrogens (tertiary/aromatic N) is 2. The molecule has 1 aromatic heterocycles. The van der Waals surface area contributed by atoms with Gasteiger partial charge in [0.25, 0.3) is 5.91 Å². The molecule has 0 fully saturated rings. The van der Waals surface area contributed by atoms with Crippen molar-refractivity contribution in [3.63, 3.8) is 0 Å². The van der Waals surface area contributed by atoms with Crippen LogP contribution in [0.5, 0.6) is 0 Å². The number of carbonyl (C=O) groups is 2. The van der Waals surface area contributed by atoms with Crippen LogP contribution < -0.4 is 10.6 Å². The van der Waals surface area contributed by atoms with E-state index in [1.807, 2.05) is 0 Å². The highest BCUT2D eigenvalue weighted by molar-refractivity contribution is 6.34. The molecular formula is C17H19ClN4O4. The van der Waals surface area contributed by atoms with Crippen LogP contribution in [-0.4, -0.2) is 49.2 Å². The number of methoxy groups -OCH3 is 2. The third-order valence-electron chi connectivity index (χ3n) is 3.32. The number of ether oxygens (including phenoxy) is 2. The first-order chi connectivity index (χ1) is 12.4. The molecule has 0 aliphatic rings. The van der Waals surface area contributed by atoms with E-state index < -0.39 is 11.9 Å². The number of hydrogen-bond donors (Lipinski definition) is 2. The third-order valence-corrected chi connectivity index (χ3v) is 3.65. The smallest absolute Gasteiger partial charge is 0.337 e. The predicted octanol–water partition coefficient (Wildman–Crippen LogP) is 2.54. The molecule has 2 N–H and O–H groups in total. The van der Waals surface area contributed by atoms with Crippen molar-refractivity contribution in [2.45, 2.75) is 6.92 Å². The topological polar surface area (TPSA) is 102 Å². The molecule has 26 heavy (non-hydrogen) atoms. The van der Waals surface area contributed by atoms with Gasteiger partial charge in [0.15, 0.2) is 0 Å². The highest BCUT2D eigenvalue weighted by Gasteiger charge is 2.15. The number of aromatic nitrogens is 2. The maximum atomic E-state index is 12.5. The van der Waals surface area contributed by atoms with Gasteiger partial charge in [-0.2, -0.15) is 0 Å². The van der Waals surface area contributed by atoms with Crippen LogP contribution in [0.15, 0.2) is 24.3 Å². The van der Waals surface area contributed by atoms with Crippen molar-refractivity contribution in [3.05, 3.63) is 46.4 Å². The quantitative estimate of drug-likeness (QED) is 0.563. The molecule has 0 atom stereocenters. The van der Waals surface area contributed by atoms with E-state index in [1.165, 1.54) is 31.4 Å². The standard InChI is InChI=1S/C17H19ClN4O4/c1-10-20-14(9-15(21-10)19-6-7-25-2)16(23)22-13-8-11(17(24)26-3)4-5-12(13)18/h4-5,8-9H,6-7H2,1-3H3,(H,22,23)(H,19,20,21). The Balaban J connectivity index is 2.20. The van der Waals surface area contributed by atoms with Crippen LogP contribution in [0.4, 0.5) is 11.5 Å². The first-order valence-electron chi connectivity index (χ1n) is 7.72. The largest absolute Gasteiger partial charge is 0.465 e. The summed E-state index contributed by atoms with van der Waals surface area (Å²) < 4.78 is 9.63. The molecule has 8 nitrogen and oxygen atoms in total. The molecule has 0 aliphatic heterocycles. The molecule has 0 radical (unpaired) electrons. The molecule has 2 aromatic rings. The maximum absolute atomic E-state index is 12.5.